The van der Waals surface area contributed by atoms with Crippen LogP contribution < -0.4 is 0 Å². The summed E-state index contributed by atoms with van der Waals surface area (Å²) in [6, 6.07) is 0. The highest BCUT2D eigenvalue weighted by Crippen LogP contribution is 2.50. The van der Waals surface area contributed by atoms with E-state index in [1.54, 1.807) is 0 Å². The average Bonchev–Trinajstić information content (AvgIpc) is 2.63. The van der Waals surface area contributed by atoms with Crippen LogP contribution in [0.4, 0.5) is 13.2 Å². The molecule has 1 nitrogen and oxygen atoms in total. The molecule has 66 valence electrons. The molecular formula is C7H11F3O. The Morgan fingerprint density at radius 3 is 2.09 bits per heavy atom. The molecule has 0 aromatic heterocycles. The molecule has 4 heteroatoms. The van der Waals surface area contributed by atoms with Crippen molar-refractivity contribution >= 4 is 0 Å². The van der Waals surface area contributed by atoms with Gasteiger partial charge in [0, 0.05) is 13.0 Å². The molecular weight excluding hydrogens is 157 g/mol. The molecule has 0 aromatic carbocycles. The summed E-state index contributed by atoms with van der Waals surface area (Å²) in [7, 11) is 0. The summed E-state index contributed by atoms with van der Waals surface area (Å²) >= 11 is 0. The largest absolute Gasteiger partial charge is 0.396 e. The van der Waals surface area contributed by atoms with Crippen LogP contribution in [0.15, 0.2) is 0 Å². The third-order valence-corrected chi connectivity index (χ3v) is 2.23. The van der Waals surface area contributed by atoms with Crippen LogP contribution in [-0.4, -0.2) is 17.9 Å². The Morgan fingerprint density at radius 1 is 1.27 bits per heavy atom. The van der Waals surface area contributed by atoms with E-state index in [1.165, 1.54) is 0 Å². The first-order valence-electron chi connectivity index (χ1n) is 3.65. The van der Waals surface area contributed by atoms with Gasteiger partial charge in [-0.05, 0) is 24.7 Å². The fourth-order valence-electron chi connectivity index (χ4n) is 1.07. The van der Waals surface area contributed by atoms with Crippen LogP contribution in [0.5, 0.6) is 0 Å². The predicted molar refractivity (Wildman–Crippen MR) is 34.0 cm³/mol. The predicted octanol–water partition coefficient (Wildman–Crippen LogP) is 2.10. The molecule has 0 atom stereocenters. The minimum Gasteiger partial charge on any atom is -0.396 e. The number of hydrogen-bond donors (Lipinski definition) is 1. The Morgan fingerprint density at radius 2 is 1.82 bits per heavy atom. The highest BCUT2D eigenvalue weighted by Gasteiger charge is 2.44. The maximum atomic E-state index is 11.7. The van der Waals surface area contributed by atoms with E-state index >= 15 is 0 Å². The third kappa shape index (κ3) is 2.69. The maximum Gasteiger partial charge on any atom is 0.389 e. The lowest BCUT2D eigenvalue weighted by Crippen LogP contribution is -2.13. The van der Waals surface area contributed by atoms with E-state index in [-0.39, 0.29) is 18.4 Å². The molecule has 0 amide bonds. The number of hydrogen-bond acceptors (Lipinski definition) is 1. The van der Waals surface area contributed by atoms with Crippen molar-refractivity contribution in [2.45, 2.75) is 31.9 Å². The van der Waals surface area contributed by atoms with Crippen molar-refractivity contribution in [3.05, 3.63) is 0 Å². The second-order valence-electron chi connectivity index (χ2n) is 3.27. The van der Waals surface area contributed by atoms with Crippen LogP contribution >= 0.6 is 0 Å². The normalized spacial score (nSPS) is 21.8. The summed E-state index contributed by atoms with van der Waals surface area (Å²) in [4.78, 5) is 0. The van der Waals surface area contributed by atoms with Crippen LogP contribution in [-0.2, 0) is 0 Å². The van der Waals surface area contributed by atoms with Crippen molar-refractivity contribution < 1.29 is 18.3 Å². The Hall–Kier alpha value is -0.250. The van der Waals surface area contributed by atoms with Gasteiger partial charge in [0.2, 0.25) is 0 Å². The zero-order chi connectivity index (χ0) is 8.54. The van der Waals surface area contributed by atoms with Gasteiger partial charge in [-0.1, -0.05) is 0 Å². The van der Waals surface area contributed by atoms with E-state index in [9.17, 15) is 13.2 Å². The molecule has 0 heterocycles. The number of aliphatic hydroxyl groups excluding tert-OH is 1. The molecule has 11 heavy (non-hydrogen) atoms. The first kappa shape index (κ1) is 8.84. The minimum atomic E-state index is -4.06. The summed E-state index contributed by atoms with van der Waals surface area (Å²) < 4.78 is 35.0. The molecule has 0 radical (unpaired) electrons. The van der Waals surface area contributed by atoms with Gasteiger partial charge in [0.1, 0.15) is 0 Å². The maximum absolute atomic E-state index is 11.7. The SMILES string of the molecule is OCC1(CCC(F)(F)F)CC1. The minimum absolute atomic E-state index is 0.0903. The molecule has 1 rings (SSSR count). The molecule has 1 fully saturated rings. The second kappa shape index (κ2) is 2.66. The zero-order valence-electron chi connectivity index (χ0n) is 6.12. The van der Waals surface area contributed by atoms with Crippen LogP contribution in [0.2, 0.25) is 0 Å². The fraction of sp³-hybridized carbons (Fsp3) is 1.00. The van der Waals surface area contributed by atoms with Gasteiger partial charge >= 0.3 is 6.18 Å². The molecule has 1 saturated carbocycles. The fourth-order valence-corrected chi connectivity index (χ4v) is 1.07. The Labute approximate surface area is 63.2 Å². The van der Waals surface area contributed by atoms with E-state index < -0.39 is 12.6 Å². The first-order valence-corrected chi connectivity index (χ1v) is 3.65. The van der Waals surface area contributed by atoms with Gasteiger partial charge in [-0.25, -0.2) is 0 Å². The van der Waals surface area contributed by atoms with Crippen molar-refractivity contribution in [1.82, 2.24) is 0 Å². The van der Waals surface area contributed by atoms with Crippen LogP contribution in [0.3, 0.4) is 0 Å². The Bertz CT molecular complexity index is 137. The highest BCUT2D eigenvalue weighted by molar-refractivity contribution is 4.92. The van der Waals surface area contributed by atoms with Crippen molar-refractivity contribution in [1.29, 1.82) is 0 Å². The summed E-state index contributed by atoms with van der Waals surface area (Å²) in [5, 5.41) is 8.69. The summed E-state index contributed by atoms with van der Waals surface area (Å²) in [5.41, 5.74) is -0.366. The third-order valence-electron chi connectivity index (χ3n) is 2.23. The molecule has 0 bridgehead atoms. The number of alkyl halides is 3. The van der Waals surface area contributed by atoms with Gasteiger partial charge in [-0.2, -0.15) is 13.2 Å². The van der Waals surface area contributed by atoms with E-state index in [0.717, 1.165) is 12.8 Å². The Kier molecular flexibility index (Phi) is 2.14. The van der Waals surface area contributed by atoms with Gasteiger partial charge in [-0.15, -0.1) is 0 Å². The number of halogens is 3. The molecule has 1 N–H and O–H groups in total. The van der Waals surface area contributed by atoms with E-state index in [0.29, 0.717) is 0 Å². The van der Waals surface area contributed by atoms with Crippen molar-refractivity contribution in [2.24, 2.45) is 5.41 Å². The topological polar surface area (TPSA) is 20.2 Å². The Balaban J connectivity index is 2.22. The van der Waals surface area contributed by atoms with E-state index in [2.05, 4.69) is 0 Å². The highest BCUT2D eigenvalue weighted by atomic mass is 19.4. The van der Waals surface area contributed by atoms with Crippen LogP contribution in [0.1, 0.15) is 25.7 Å². The second-order valence-corrected chi connectivity index (χ2v) is 3.27. The first-order chi connectivity index (χ1) is 4.97. The molecule has 1 aliphatic rings. The summed E-state index contributed by atoms with van der Waals surface area (Å²) in [6.45, 7) is -0.0942. The van der Waals surface area contributed by atoms with Gasteiger partial charge in [0.15, 0.2) is 0 Å². The molecule has 0 aromatic rings. The summed E-state index contributed by atoms with van der Waals surface area (Å²) in [6.07, 6.45) is -3.23. The average molecular weight is 168 g/mol. The van der Waals surface area contributed by atoms with Crippen molar-refractivity contribution in [3.63, 3.8) is 0 Å². The lowest BCUT2D eigenvalue weighted by molar-refractivity contribution is -0.139. The molecule has 0 aliphatic heterocycles. The van der Waals surface area contributed by atoms with Gasteiger partial charge < -0.3 is 5.11 Å². The van der Waals surface area contributed by atoms with Crippen molar-refractivity contribution in [2.75, 3.05) is 6.61 Å². The lowest BCUT2D eigenvalue weighted by atomic mass is 10.0. The van der Waals surface area contributed by atoms with E-state index in [1.807, 2.05) is 0 Å². The van der Waals surface area contributed by atoms with Gasteiger partial charge in [0.25, 0.3) is 0 Å². The summed E-state index contributed by atoms with van der Waals surface area (Å²) in [5.74, 6) is 0. The van der Waals surface area contributed by atoms with Gasteiger partial charge in [-0.3, -0.25) is 0 Å². The van der Waals surface area contributed by atoms with Gasteiger partial charge in [0.05, 0.1) is 0 Å². The number of rotatable bonds is 3. The number of aliphatic hydroxyl groups is 1. The monoisotopic (exact) mass is 168 g/mol. The van der Waals surface area contributed by atoms with Crippen molar-refractivity contribution in [3.8, 4) is 0 Å². The molecule has 0 unspecified atom stereocenters. The zero-order valence-corrected chi connectivity index (χ0v) is 6.12. The van der Waals surface area contributed by atoms with E-state index in [4.69, 9.17) is 5.11 Å². The van der Waals surface area contributed by atoms with Crippen LogP contribution in [0.25, 0.3) is 0 Å². The quantitative estimate of drug-likeness (QED) is 0.684. The standard InChI is InChI=1S/C7H11F3O/c8-7(9,10)4-3-6(5-11)1-2-6/h11H,1-5H2. The molecule has 0 spiro atoms. The smallest absolute Gasteiger partial charge is 0.389 e. The molecule has 0 saturated heterocycles. The molecule has 1 aliphatic carbocycles. The lowest BCUT2D eigenvalue weighted by Gasteiger charge is -2.12. The van der Waals surface area contributed by atoms with Crippen LogP contribution in [0, 0.1) is 5.41 Å².